The summed E-state index contributed by atoms with van der Waals surface area (Å²) in [7, 11) is 0. The van der Waals surface area contributed by atoms with Gasteiger partial charge in [0.1, 0.15) is 36.8 Å². The zero-order valence-electron chi connectivity index (χ0n) is 32.6. The zero-order chi connectivity index (χ0) is 42.5. The zero-order valence-corrected chi connectivity index (χ0v) is 33.3. The first-order chi connectivity index (χ1) is 27.7. The minimum Gasteiger partial charge on any atom is -0.481 e. The number of carboxylic acids is 1. The first-order valence-corrected chi connectivity index (χ1v) is 18.8. The van der Waals surface area contributed by atoms with Gasteiger partial charge in [0, 0.05) is 0 Å². The Morgan fingerprint density at radius 2 is 0.914 bits per heavy atom. The van der Waals surface area contributed by atoms with Gasteiger partial charge in [-0.3, -0.25) is 9.59 Å². The Morgan fingerprint density at radius 1 is 0.534 bits per heavy atom. The summed E-state index contributed by atoms with van der Waals surface area (Å²) in [5.41, 5.74) is 2.96. The number of nitrogens with one attached hydrogen (secondary N) is 2. The first kappa shape index (κ1) is 46.0. The number of hydrogen-bond donors (Lipinski definition) is 3. The minimum atomic E-state index is -0.942. The molecule has 0 heterocycles. The fourth-order valence-corrected chi connectivity index (χ4v) is 5.06. The molecule has 2 amide bonds. The molecule has 0 aliphatic heterocycles. The number of carbonyl (C=O) groups excluding carboxylic acids is 5. The summed E-state index contributed by atoms with van der Waals surface area (Å²) in [4.78, 5) is 71.3. The number of carbonyl (C=O) groups is 6. The number of halogens is 1. The van der Waals surface area contributed by atoms with Crippen LogP contribution < -0.4 is 20.1 Å². The summed E-state index contributed by atoms with van der Waals surface area (Å²) in [6.45, 7) is 7.32. The van der Waals surface area contributed by atoms with Crippen LogP contribution in [-0.2, 0) is 59.4 Å². The summed E-state index contributed by atoms with van der Waals surface area (Å²) in [5, 5.41) is 13.9. The number of alkyl halides is 1. The second-order valence-corrected chi connectivity index (χ2v) is 13.6. The molecule has 58 heavy (non-hydrogen) atoms. The van der Waals surface area contributed by atoms with Crippen LogP contribution in [0.2, 0.25) is 0 Å². The minimum absolute atomic E-state index is 0.0599. The van der Waals surface area contributed by atoms with E-state index in [-0.39, 0.29) is 49.7 Å². The van der Waals surface area contributed by atoms with Crippen molar-refractivity contribution in [3.8, 4) is 11.5 Å². The maximum atomic E-state index is 12.5. The van der Waals surface area contributed by atoms with Gasteiger partial charge in [0.05, 0.1) is 12.8 Å². The van der Waals surface area contributed by atoms with E-state index in [4.69, 9.17) is 35.7 Å². The van der Waals surface area contributed by atoms with Gasteiger partial charge in [-0.25, -0.2) is 19.2 Å². The molecule has 15 heteroatoms. The van der Waals surface area contributed by atoms with E-state index >= 15 is 0 Å². The Balaban J connectivity index is 0.000000311. The number of rotatable bonds is 17. The number of amides is 2. The van der Waals surface area contributed by atoms with E-state index in [1.54, 1.807) is 64.1 Å². The van der Waals surface area contributed by atoms with Crippen LogP contribution in [0.15, 0.2) is 109 Å². The van der Waals surface area contributed by atoms with Crippen LogP contribution >= 0.6 is 11.6 Å². The van der Waals surface area contributed by atoms with Crippen molar-refractivity contribution in [3.05, 3.63) is 131 Å². The Hall–Kier alpha value is -6.41. The molecule has 308 valence electrons. The molecule has 4 aromatic carbocycles. The van der Waals surface area contributed by atoms with E-state index in [0.29, 0.717) is 16.9 Å². The van der Waals surface area contributed by atoms with Crippen LogP contribution in [0.4, 0.5) is 9.59 Å². The normalized spacial score (nSPS) is 11.5. The van der Waals surface area contributed by atoms with Gasteiger partial charge in [0.25, 0.3) is 0 Å². The van der Waals surface area contributed by atoms with Crippen molar-refractivity contribution < 1.29 is 57.6 Å². The average Bonchev–Trinajstić information content (AvgIpc) is 3.19. The van der Waals surface area contributed by atoms with Crippen LogP contribution in [-0.4, -0.2) is 59.3 Å². The smallest absolute Gasteiger partial charge is 0.408 e. The van der Waals surface area contributed by atoms with Gasteiger partial charge in [-0.2, -0.15) is 0 Å². The predicted octanol–water partition coefficient (Wildman–Crippen LogP) is 7.00. The van der Waals surface area contributed by atoms with Gasteiger partial charge in [-0.15, -0.1) is 0 Å². The van der Waals surface area contributed by atoms with Crippen molar-refractivity contribution in [3.63, 3.8) is 0 Å². The molecular formula is C43H47ClN2O12. The lowest BCUT2D eigenvalue weighted by molar-refractivity contribution is -0.141. The molecule has 0 saturated heterocycles. The molecule has 0 bridgehead atoms. The van der Waals surface area contributed by atoms with E-state index in [2.05, 4.69) is 15.4 Å². The highest BCUT2D eigenvalue weighted by atomic mass is 35.5. The maximum absolute atomic E-state index is 12.5. The molecule has 0 aromatic heterocycles. The predicted molar refractivity (Wildman–Crippen MR) is 213 cm³/mol. The quantitative estimate of drug-likeness (QED) is 0.0429. The van der Waals surface area contributed by atoms with Crippen molar-refractivity contribution in [2.75, 3.05) is 6.07 Å². The molecule has 0 aliphatic carbocycles. The van der Waals surface area contributed by atoms with E-state index in [1.165, 1.54) is 12.1 Å². The van der Waals surface area contributed by atoms with Crippen LogP contribution in [0.25, 0.3) is 0 Å². The summed E-state index contributed by atoms with van der Waals surface area (Å²) in [5.74, 6) is -2.51. The lowest BCUT2D eigenvalue weighted by atomic mass is 10.1. The van der Waals surface area contributed by atoms with Crippen molar-refractivity contribution >= 4 is 47.7 Å². The van der Waals surface area contributed by atoms with Crippen molar-refractivity contribution in [1.29, 1.82) is 0 Å². The number of ether oxygens (including phenoxy) is 5. The van der Waals surface area contributed by atoms with Crippen LogP contribution in [0.1, 0.15) is 49.9 Å². The SMILES string of the molecule is CC(C)[C@H](NC(=O)OCc1ccccc1)C(=O)Oc1ccc(CC(=O)O)cc1.CC(C)[C@H](NC(=O)OCc1ccccc1)C(=O)Oc1ccc(CC(=O)OCCl)cc1. The number of benzene rings is 4. The van der Waals surface area contributed by atoms with E-state index in [9.17, 15) is 28.8 Å². The molecule has 0 aliphatic rings. The Morgan fingerprint density at radius 3 is 1.26 bits per heavy atom. The van der Waals surface area contributed by atoms with E-state index in [1.807, 2.05) is 60.7 Å². The standard InChI is InChI=1S/C22H24ClNO6.C21H23NO6/c1-15(2)20(24-22(27)28-13-17-6-4-3-5-7-17)21(26)30-18-10-8-16(9-11-18)12-19(25)29-14-23;1-14(2)19(22-21(26)27-13-16-6-4-3-5-7-16)20(25)28-17-10-8-15(9-11-17)12-18(23)24/h3-11,15,20H,12-14H2,1-2H3,(H,24,27);3-11,14,19H,12-13H2,1-2H3,(H,22,26)(H,23,24)/t20-;19-/m00/s1. The van der Waals surface area contributed by atoms with Gasteiger partial charge in [-0.1, -0.05) is 124 Å². The van der Waals surface area contributed by atoms with E-state index in [0.717, 1.165) is 11.1 Å². The third-order valence-electron chi connectivity index (χ3n) is 8.02. The van der Waals surface area contributed by atoms with Crippen molar-refractivity contribution in [2.45, 2.75) is 65.8 Å². The third kappa shape index (κ3) is 17.2. The lowest BCUT2D eigenvalue weighted by Crippen LogP contribution is -2.46. The molecule has 3 N–H and O–H groups in total. The average molecular weight is 819 g/mol. The van der Waals surface area contributed by atoms with Crippen LogP contribution in [0.5, 0.6) is 11.5 Å². The highest BCUT2D eigenvalue weighted by Crippen LogP contribution is 2.17. The number of aliphatic carboxylic acids is 1. The summed E-state index contributed by atoms with van der Waals surface area (Å²) in [6.07, 6.45) is -1.47. The van der Waals surface area contributed by atoms with Gasteiger partial charge >= 0.3 is 36.1 Å². The van der Waals surface area contributed by atoms with Crippen molar-refractivity contribution in [2.24, 2.45) is 11.8 Å². The topological polar surface area (TPSA) is 193 Å². The fourth-order valence-electron chi connectivity index (χ4n) is 4.94. The highest BCUT2D eigenvalue weighted by molar-refractivity contribution is 6.17. The Kier molecular flexibility index (Phi) is 19.2. The Labute approximate surface area is 341 Å². The monoisotopic (exact) mass is 818 g/mol. The molecular weight excluding hydrogens is 772 g/mol. The van der Waals surface area contributed by atoms with Crippen LogP contribution in [0, 0.1) is 11.8 Å². The molecule has 2 atom stereocenters. The number of esters is 3. The fraction of sp³-hybridized carbons (Fsp3) is 0.302. The number of hydrogen-bond acceptors (Lipinski definition) is 11. The van der Waals surface area contributed by atoms with Crippen molar-refractivity contribution in [1.82, 2.24) is 10.6 Å². The number of alkyl carbamates (subject to hydrolysis) is 2. The molecule has 0 saturated carbocycles. The van der Waals surface area contributed by atoms with Gasteiger partial charge in [-0.05, 0) is 58.4 Å². The van der Waals surface area contributed by atoms with Gasteiger partial charge < -0.3 is 39.4 Å². The van der Waals surface area contributed by atoms with Gasteiger partial charge in [0.2, 0.25) is 0 Å². The van der Waals surface area contributed by atoms with Gasteiger partial charge in [0.15, 0.2) is 6.07 Å². The molecule has 0 unspecified atom stereocenters. The highest BCUT2D eigenvalue weighted by Gasteiger charge is 2.28. The summed E-state index contributed by atoms with van der Waals surface area (Å²) < 4.78 is 25.7. The second-order valence-electron chi connectivity index (χ2n) is 13.4. The lowest BCUT2D eigenvalue weighted by Gasteiger charge is -2.20. The maximum Gasteiger partial charge on any atom is 0.408 e. The molecule has 0 radical (unpaired) electrons. The molecule has 4 aromatic rings. The summed E-state index contributed by atoms with van der Waals surface area (Å²) >= 11 is 5.35. The number of carboxylic acid groups (broad SMARTS) is 1. The first-order valence-electron chi connectivity index (χ1n) is 18.2. The third-order valence-corrected chi connectivity index (χ3v) is 8.13. The molecule has 0 spiro atoms. The van der Waals surface area contributed by atoms with Crippen LogP contribution in [0.3, 0.4) is 0 Å². The largest absolute Gasteiger partial charge is 0.481 e. The van der Waals surface area contributed by atoms with E-state index < -0.39 is 48.1 Å². The second kappa shape index (κ2) is 24.3. The molecule has 0 fully saturated rings. The summed E-state index contributed by atoms with van der Waals surface area (Å²) in [6, 6.07) is 29.0. The molecule has 4 rings (SSSR count). The Bertz CT molecular complexity index is 1920. The molecule has 14 nitrogen and oxygen atoms in total.